The summed E-state index contributed by atoms with van der Waals surface area (Å²) < 4.78 is 5.68. The third-order valence-electron chi connectivity index (χ3n) is 3.01. The van der Waals surface area contributed by atoms with Crippen LogP contribution in [0.4, 0.5) is 0 Å². The highest BCUT2D eigenvalue weighted by molar-refractivity contribution is 7.99. The molecule has 0 saturated carbocycles. The van der Waals surface area contributed by atoms with Crippen LogP contribution in [0.5, 0.6) is 5.75 Å². The maximum absolute atomic E-state index is 5.94. The van der Waals surface area contributed by atoms with Crippen LogP contribution >= 0.6 is 11.8 Å². The molecular formula is C15H25NOS. The maximum atomic E-state index is 5.94. The molecule has 3 heteroatoms. The molecule has 2 nitrogen and oxygen atoms in total. The molecule has 0 bridgehead atoms. The first kappa shape index (κ1) is 15.4. The Morgan fingerprint density at radius 3 is 2.56 bits per heavy atom. The van der Waals surface area contributed by atoms with Crippen molar-refractivity contribution >= 4 is 11.8 Å². The molecule has 2 atom stereocenters. The van der Waals surface area contributed by atoms with Crippen LogP contribution in [0.1, 0.15) is 51.3 Å². The average molecular weight is 267 g/mol. The molecule has 0 aromatic heterocycles. The molecule has 1 aromatic carbocycles. The number of benzene rings is 1. The third-order valence-corrected chi connectivity index (χ3v) is 4.39. The standard InChI is InChI=1S/C15H25NOS/c1-5-11(3)18-10-14-9-13(12(4)16)7-8-15(14)17-6-2/h7-9,11-12H,5-6,10,16H2,1-4H3. The van der Waals surface area contributed by atoms with Crippen molar-refractivity contribution in [2.24, 2.45) is 5.73 Å². The van der Waals surface area contributed by atoms with Crippen molar-refractivity contribution in [1.29, 1.82) is 0 Å². The molecule has 1 aromatic rings. The number of hydrogen-bond donors (Lipinski definition) is 1. The largest absolute Gasteiger partial charge is 0.494 e. The smallest absolute Gasteiger partial charge is 0.123 e. The van der Waals surface area contributed by atoms with Crippen molar-refractivity contribution in [3.05, 3.63) is 29.3 Å². The van der Waals surface area contributed by atoms with Crippen LogP contribution in [0.25, 0.3) is 0 Å². The Kier molecular flexibility index (Phi) is 6.58. The monoisotopic (exact) mass is 267 g/mol. The summed E-state index contributed by atoms with van der Waals surface area (Å²) in [6, 6.07) is 6.38. The van der Waals surface area contributed by atoms with Gasteiger partial charge in [-0.3, -0.25) is 0 Å². The van der Waals surface area contributed by atoms with E-state index in [4.69, 9.17) is 10.5 Å². The van der Waals surface area contributed by atoms with E-state index < -0.39 is 0 Å². The molecule has 2 unspecified atom stereocenters. The van der Waals surface area contributed by atoms with Crippen LogP contribution in [0.2, 0.25) is 0 Å². The molecule has 18 heavy (non-hydrogen) atoms. The molecule has 0 heterocycles. The lowest BCUT2D eigenvalue weighted by molar-refractivity contribution is 0.337. The van der Waals surface area contributed by atoms with E-state index in [2.05, 4.69) is 32.0 Å². The Balaban J connectivity index is 2.85. The third kappa shape index (κ3) is 4.54. The van der Waals surface area contributed by atoms with E-state index in [1.54, 1.807) is 0 Å². The van der Waals surface area contributed by atoms with E-state index >= 15 is 0 Å². The van der Waals surface area contributed by atoms with Gasteiger partial charge in [0.05, 0.1) is 6.61 Å². The van der Waals surface area contributed by atoms with Gasteiger partial charge in [-0.2, -0.15) is 11.8 Å². The highest BCUT2D eigenvalue weighted by Gasteiger charge is 2.09. The van der Waals surface area contributed by atoms with Gasteiger partial charge in [0, 0.05) is 22.6 Å². The van der Waals surface area contributed by atoms with Crippen molar-refractivity contribution in [2.75, 3.05) is 6.61 Å². The number of ether oxygens (including phenoxy) is 1. The maximum Gasteiger partial charge on any atom is 0.123 e. The fourth-order valence-corrected chi connectivity index (χ4v) is 2.57. The topological polar surface area (TPSA) is 35.2 Å². The normalized spacial score (nSPS) is 14.3. The van der Waals surface area contributed by atoms with Crippen molar-refractivity contribution in [3.8, 4) is 5.75 Å². The van der Waals surface area contributed by atoms with Gasteiger partial charge in [0.25, 0.3) is 0 Å². The van der Waals surface area contributed by atoms with Crippen LogP contribution in [0, 0.1) is 0 Å². The minimum absolute atomic E-state index is 0.0769. The average Bonchev–Trinajstić information content (AvgIpc) is 2.37. The second-order valence-corrected chi connectivity index (χ2v) is 6.05. The summed E-state index contributed by atoms with van der Waals surface area (Å²) in [5.41, 5.74) is 8.38. The van der Waals surface area contributed by atoms with E-state index in [1.165, 1.54) is 17.5 Å². The summed E-state index contributed by atoms with van der Waals surface area (Å²) in [4.78, 5) is 0. The molecule has 0 saturated heterocycles. The van der Waals surface area contributed by atoms with Gasteiger partial charge in [0.15, 0.2) is 0 Å². The molecule has 0 aliphatic rings. The van der Waals surface area contributed by atoms with Crippen molar-refractivity contribution in [3.63, 3.8) is 0 Å². The van der Waals surface area contributed by atoms with Crippen molar-refractivity contribution in [1.82, 2.24) is 0 Å². The van der Waals surface area contributed by atoms with Crippen LogP contribution in [-0.4, -0.2) is 11.9 Å². The lowest BCUT2D eigenvalue weighted by Gasteiger charge is -2.15. The second kappa shape index (κ2) is 7.70. The van der Waals surface area contributed by atoms with Gasteiger partial charge in [-0.1, -0.05) is 19.9 Å². The Hall–Kier alpha value is -0.670. The molecular weight excluding hydrogens is 242 g/mol. The first-order valence-corrected chi connectivity index (χ1v) is 7.76. The van der Waals surface area contributed by atoms with Crippen LogP contribution < -0.4 is 10.5 Å². The zero-order valence-electron chi connectivity index (χ0n) is 11.9. The van der Waals surface area contributed by atoms with Gasteiger partial charge in [-0.05, 0) is 38.0 Å². The van der Waals surface area contributed by atoms with Gasteiger partial charge in [-0.15, -0.1) is 0 Å². The zero-order valence-corrected chi connectivity index (χ0v) is 12.7. The summed E-state index contributed by atoms with van der Waals surface area (Å²) in [7, 11) is 0. The lowest BCUT2D eigenvalue weighted by atomic mass is 10.1. The van der Waals surface area contributed by atoms with Crippen LogP contribution in [0.15, 0.2) is 18.2 Å². The van der Waals surface area contributed by atoms with E-state index in [9.17, 15) is 0 Å². The molecule has 0 aliphatic carbocycles. The van der Waals surface area contributed by atoms with Crippen molar-refractivity contribution < 1.29 is 4.74 Å². The minimum atomic E-state index is 0.0769. The number of rotatable bonds is 7. The first-order valence-electron chi connectivity index (χ1n) is 6.71. The molecule has 2 N–H and O–H groups in total. The Bertz CT molecular complexity index is 366. The first-order chi connectivity index (χ1) is 8.58. The molecule has 1 rings (SSSR count). The van der Waals surface area contributed by atoms with Gasteiger partial charge in [0.1, 0.15) is 5.75 Å². The molecule has 0 spiro atoms. The summed E-state index contributed by atoms with van der Waals surface area (Å²) in [6.07, 6.45) is 1.20. The summed E-state index contributed by atoms with van der Waals surface area (Å²) >= 11 is 1.97. The van der Waals surface area contributed by atoms with E-state index in [0.29, 0.717) is 11.9 Å². The van der Waals surface area contributed by atoms with E-state index in [0.717, 1.165) is 11.5 Å². The summed E-state index contributed by atoms with van der Waals surface area (Å²) in [5, 5.41) is 0.679. The second-order valence-electron chi connectivity index (χ2n) is 4.62. The quantitative estimate of drug-likeness (QED) is 0.806. The summed E-state index contributed by atoms with van der Waals surface area (Å²) in [6.45, 7) is 9.23. The fraction of sp³-hybridized carbons (Fsp3) is 0.600. The van der Waals surface area contributed by atoms with E-state index in [1.807, 2.05) is 25.6 Å². The SMILES string of the molecule is CCOc1ccc(C(C)N)cc1CSC(C)CC. The molecule has 0 fully saturated rings. The van der Waals surface area contributed by atoms with Gasteiger partial charge in [0.2, 0.25) is 0 Å². The number of nitrogens with two attached hydrogens (primary N) is 1. The molecule has 0 amide bonds. The lowest BCUT2D eigenvalue weighted by Crippen LogP contribution is -2.06. The van der Waals surface area contributed by atoms with Crippen LogP contribution in [0.3, 0.4) is 0 Å². The molecule has 0 radical (unpaired) electrons. The predicted molar refractivity (Wildman–Crippen MR) is 81.3 cm³/mol. The Labute approximate surface area is 115 Å². The predicted octanol–water partition coefficient (Wildman–Crippen LogP) is 4.14. The number of hydrogen-bond acceptors (Lipinski definition) is 3. The Morgan fingerprint density at radius 1 is 1.28 bits per heavy atom. The Morgan fingerprint density at radius 2 is 2.00 bits per heavy atom. The van der Waals surface area contributed by atoms with Crippen molar-refractivity contribution in [2.45, 2.75) is 51.2 Å². The van der Waals surface area contributed by atoms with Gasteiger partial charge in [-0.25, -0.2) is 0 Å². The number of thioether (sulfide) groups is 1. The van der Waals surface area contributed by atoms with E-state index in [-0.39, 0.29) is 6.04 Å². The minimum Gasteiger partial charge on any atom is -0.494 e. The molecule has 0 aliphatic heterocycles. The van der Waals surface area contributed by atoms with Gasteiger partial charge < -0.3 is 10.5 Å². The molecule has 102 valence electrons. The zero-order chi connectivity index (χ0) is 13.5. The highest BCUT2D eigenvalue weighted by Crippen LogP contribution is 2.29. The fourth-order valence-electron chi connectivity index (χ4n) is 1.64. The highest BCUT2D eigenvalue weighted by atomic mass is 32.2. The summed E-state index contributed by atoms with van der Waals surface area (Å²) in [5.74, 6) is 1.99. The van der Waals surface area contributed by atoms with Crippen LogP contribution in [-0.2, 0) is 5.75 Å². The van der Waals surface area contributed by atoms with Gasteiger partial charge >= 0.3 is 0 Å².